The summed E-state index contributed by atoms with van der Waals surface area (Å²) < 4.78 is 71.9. The number of benzene rings is 2. The van der Waals surface area contributed by atoms with E-state index in [1.807, 2.05) is 0 Å². The highest BCUT2D eigenvalue weighted by atomic mass is 19.4. The Morgan fingerprint density at radius 1 is 0.500 bits per heavy atom. The first-order chi connectivity index (χ1) is 10.00. The number of rotatable bonds is 0. The van der Waals surface area contributed by atoms with Gasteiger partial charge in [-0.2, -0.15) is 26.3 Å². The Morgan fingerprint density at radius 3 is 1.00 bits per heavy atom. The van der Waals surface area contributed by atoms with E-state index in [2.05, 4.69) is 38.1 Å². The van der Waals surface area contributed by atoms with Crippen molar-refractivity contribution in [1.82, 2.24) is 0 Å². The summed E-state index contributed by atoms with van der Waals surface area (Å²) in [6, 6.07) is 10.4. The first-order valence-electron chi connectivity index (χ1n) is 6.28. The van der Waals surface area contributed by atoms with Gasteiger partial charge in [-0.15, -0.1) is 0 Å². The van der Waals surface area contributed by atoms with Crippen molar-refractivity contribution in [3.63, 3.8) is 0 Å². The molecule has 12 heteroatoms. The van der Waals surface area contributed by atoms with Crippen LogP contribution in [-0.4, -0.2) is 0 Å². The SMILES string of the molecule is Cc1cccc(C)c1.FC(F)(F)c1cccc(C(F)(F)F)c1.[F-].[F-].[F-].[F-].[F-].[F-]. The molecular formula is C16H14F12-6. The molecule has 0 amide bonds. The topological polar surface area (TPSA) is 0 Å². The molecular weight excluding hydrogens is 420 g/mol. The second-order valence-electron chi connectivity index (χ2n) is 4.73. The van der Waals surface area contributed by atoms with Crippen LogP contribution in [0.5, 0.6) is 0 Å². The zero-order chi connectivity index (χ0) is 17.0. The average Bonchev–Trinajstić information content (AvgIpc) is 2.37. The van der Waals surface area contributed by atoms with Crippen LogP contribution in [0.2, 0.25) is 0 Å². The van der Waals surface area contributed by atoms with Crippen molar-refractivity contribution in [3.8, 4) is 0 Å². The molecule has 28 heavy (non-hydrogen) atoms. The van der Waals surface area contributed by atoms with Gasteiger partial charge in [0.25, 0.3) is 0 Å². The Hall–Kier alpha value is -2.40. The van der Waals surface area contributed by atoms with Gasteiger partial charge in [-0.05, 0) is 32.0 Å². The summed E-state index contributed by atoms with van der Waals surface area (Å²) in [5.74, 6) is 0. The minimum atomic E-state index is -4.75. The molecule has 2 rings (SSSR count). The van der Waals surface area contributed by atoms with Crippen LogP contribution in [0.15, 0.2) is 48.5 Å². The van der Waals surface area contributed by atoms with Crippen molar-refractivity contribution >= 4 is 0 Å². The van der Waals surface area contributed by atoms with Crippen molar-refractivity contribution < 1.29 is 54.6 Å². The zero-order valence-corrected chi connectivity index (χ0v) is 14.2. The van der Waals surface area contributed by atoms with Gasteiger partial charge in [0.1, 0.15) is 0 Å². The summed E-state index contributed by atoms with van der Waals surface area (Å²) in [7, 11) is 0. The highest BCUT2D eigenvalue weighted by Gasteiger charge is 2.35. The van der Waals surface area contributed by atoms with E-state index in [0.29, 0.717) is 12.1 Å². The Balaban J connectivity index is -0.0000000770. The van der Waals surface area contributed by atoms with Crippen molar-refractivity contribution in [3.05, 3.63) is 70.8 Å². The lowest BCUT2D eigenvalue weighted by Gasteiger charge is -2.10. The standard InChI is InChI=1S/C8H4F6.C8H10.6FH/c9-7(10,11)5-2-1-3-6(4-5)8(12,13)14;1-7-4-3-5-8(2)6-7;;;;;;/h1-4H;3-6H,1-2H3;6*1H/p-6. The molecule has 0 aliphatic heterocycles. The molecule has 0 saturated heterocycles. The average molecular weight is 434 g/mol. The van der Waals surface area contributed by atoms with Crippen LogP contribution in [0, 0.1) is 13.8 Å². The smallest absolute Gasteiger partial charge is 0.416 e. The molecule has 0 spiro atoms. The molecule has 0 aliphatic carbocycles. The van der Waals surface area contributed by atoms with Gasteiger partial charge >= 0.3 is 12.4 Å². The van der Waals surface area contributed by atoms with E-state index in [0.717, 1.165) is 6.07 Å². The third kappa shape index (κ3) is 13.8. The van der Waals surface area contributed by atoms with Crippen LogP contribution < -0.4 is 28.2 Å². The highest BCUT2D eigenvalue weighted by molar-refractivity contribution is 5.27. The van der Waals surface area contributed by atoms with Crippen LogP contribution in [-0.2, 0) is 12.4 Å². The van der Waals surface area contributed by atoms with E-state index in [9.17, 15) is 26.3 Å². The van der Waals surface area contributed by atoms with Gasteiger partial charge < -0.3 is 28.2 Å². The van der Waals surface area contributed by atoms with Gasteiger partial charge in [-0.25, -0.2) is 0 Å². The van der Waals surface area contributed by atoms with E-state index < -0.39 is 23.5 Å². The largest absolute Gasteiger partial charge is 1.00 e. The van der Waals surface area contributed by atoms with E-state index in [1.54, 1.807) is 0 Å². The minimum Gasteiger partial charge on any atom is -1.00 e. The maximum Gasteiger partial charge on any atom is 0.416 e. The lowest BCUT2D eigenvalue weighted by molar-refractivity contribution is -0.143. The van der Waals surface area contributed by atoms with Crippen LogP contribution in [0.3, 0.4) is 0 Å². The van der Waals surface area contributed by atoms with Gasteiger partial charge in [0.05, 0.1) is 11.1 Å². The van der Waals surface area contributed by atoms with Crippen molar-refractivity contribution in [2.24, 2.45) is 0 Å². The zero-order valence-electron chi connectivity index (χ0n) is 14.2. The van der Waals surface area contributed by atoms with Crippen LogP contribution in [0.1, 0.15) is 22.3 Å². The molecule has 0 atom stereocenters. The molecule has 0 bridgehead atoms. The lowest BCUT2D eigenvalue weighted by atomic mass is 10.1. The monoisotopic (exact) mass is 434 g/mol. The number of halogens is 12. The maximum absolute atomic E-state index is 12.0. The van der Waals surface area contributed by atoms with Gasteiger partial charge in [-0.3, -0.25) is 0 Å². The first kappa shape index (κ1) is 40.3. The Labute approximate surface area is 152 Å². The third-order valence-corrected chi connectivity index (χ3v) is 2.69. The van der Waals surface area contributed by atoms with E-state index in [4.69, 9.17) is 0 Å². The molecule has 168 valence electrons. The second-order valence-corrected chi connectivity index (χ2v) is 4.73. The fraction of sp³-hybridized carbons (Fsp3) is 0.250. The van der Waals surface area contributed by atoms with Gasteiger partial charge in [0.2, 0.25) is 0 Å². The predicted molar refractivity (Wildman–Crippen MR) is 72.4 cm³/mol. The molecule has 0 unspecified atom stereocenters. The first-order valence-corrected chi connectivity index (χ1v) is 6.28. The summed E-state index contributed by atoms with van der Waals surface area (Å²) in [6.07, 6.45) is -9.50. The van der Waals surface area contributed by atoms with Crippen molar-refractivity contribution in [2.75, 3.05) is 0 Å². The summed E-state index contributed by atoms with van der Waals surface area (Å²) >= 11 is 0. The Kier molecular flexibility index (Phi) is 22.5. The summed E-state index contributed by atoms with van der Waals surface area (Å²) in [5.41, 5.74) is 0.0784. The minimum absolute atomic E-state index is 0. The third-order valence-electron chi connectivity index (χ3n) is 2.69. The number of hydrogen-bond acceptors (Lipinski definition) is 0. The number of hydrogen-bond donors (Lipinski definition) is 0. The van der Waals surface area contributed by atoms with Gasteiger partial charge in [-0.1, -0.05) is 41.5 Å². The van der Waals surface area contributed by atoms with E-state index in [-0.39, 0.29) is 34.3 Å². The normalized spacial score (nSPS) is 9.14. The summed E-state index contributed by atoms with van der Waals surface area (Å²) in [6.45, 7) is 4.21. The maximum atomic E-state index is 12.0. The van der Waals surface area contributed by atoms with E-state index in [1.165, 1.54) is 11.1 Å². The highest BCUT2D eigenvalue weighted by Crippen LogP contribution is 2.34. The quantitative estimate of drug-likeness (QED) is 0.362. The molecule has 0 N–H and O–H groups in total. The number of alkyl halides is 6. The number of aryl methyl sites for hydroxylation is 2. The lowest BCUT2D eigenvalue weighted by Crippen LogP contribution is -3.00. The molecule has 0 heterocycles. The predicted octanol–water partition coefficient (Wildman–Crippen LogP) is -11.9. The summed E-state index contributed by atoms with van der Waals surface area (Å²) in [4.78, 5) is 0. The summed E-state index contributed by atoms with van der Waals surface area (Å²) in [5, 5.41) is 0. The molecule has 0 saturated carbocycles. The molecule has 2 aromatic carbocycles. The fourth-order valence-electron chi connectivity index (χ4n) is 1.68. The molecule has 2 aromatic rings. The fourth-order valence-corrected chi connectivity index (χ4v) is 1.68. The van der Waals surface area contributed by atoms with Crippen molar-refractivity contribution in [1.29, 1.82) is 0 Å². The Bertz CT molecular complexity index is 573. The van der Waals surface area contributed by atoms with Crippen molar-refractivity contribution in [2.45, 2.75) is 26.2 Å². The van der Waals surface area contributed by atoms with Crippen LogP contribution in [0.25, 0.3) is 0 Å². The molecule has 0 fully saturated rings. The second kappa shape index (κ2) is 15.6. The Morgan fingerprint density at radius 2 is 0.786 bits per heavy atom. The van der Waals surface area contributed by atoms with Crippen LogP contribution >= 0.6 is 0 Å². The molecule has 0 nitrogen and oxygen atoms in total. The van der Waals surface area contributed by atoms with Gasteiger partial charge in [0.15, 0.2) is 0 Å². The molecule has 0 aromatic heterocycles. The molecule has 0 aliphatic rings. The van der Waals surface area contributed by atoms with E-state index >= 15 is 0 Å². The van der Waals surface area contributed by atoms with Crippen LogP contribution in [0.4, 0.5) is 26.3 Å². The molecule has 0 radical (unpaired) electrons. The van der Waals surface area contributed by atoms with Gasteiger partial charge in [0, 0.05) is 0 Å².